The van der Waals surface area contributed by atoms with Crippen LogP contribution in [0, 0.1) is 0 Å². The fraction of sp³-hybridized carbons (Fsp3) is 0.200. The highest BCUT2D eigenvalue weighted by Gasteiger charge is 2.24. The lowest BCUT2D eigenvalue weighted by molar-refractivity contribution is 0.0747. The number of anilines is 1. The highest BCUT2D eigenvalue weighted by atomic mass is 35.5. The number of hydrogen-bond donors (Lipinski definition) is 0. The van der Waals surface area contributed by atoms with Crippen LogP contribution in [0.3, 0.4) is 0 Å². The average molecular weight is 421 g/mol. The van der Waals surface area contributed by atoms with Crippen LogP contribution in [-0.2, 0) is 0 Å². The normalized spacial score (nSPS) is 14.6. The fourth-order valence-corrected chi connectivity index (χ4v) is 4.02. The number of nitrogens with zero attached hydrogens (tertiary/aromatic N) is 3. The van der Waals surface area contributed by atoms with Gasteiger partial charge in [-0.15, -0.1) is 0 Å². The first-order valence-electron chi connectivity index (χ1n) is 8.56. The van der Waals surface area contributed by atoms with E-state index in [-0.39, 0.29) is 5.91 Å². The number of halogens is 3. The van der Waals surface area contributed by atoms with E-state index in [2.05, 4.69) is 9.88 Å². The second-order valence-corrected chi connectivity index (χ2v) is 7.68. The summed E-state index contributed by atoms with van der Waals surface area (Å²) in [5.74, 6) is -0.0670. The van der Waals surface area contributed by atoms with E-state index in [4.69, 9.17) is 34.8 Å². The maximum Gasteiger partial charge on any atom is 0.255 e. The lowest BCUT2D eigenvalue weighted by atomic mass is 10.1. The number of benzene rings is 2. The topological polar surface area (TPSA) is 36.4 Å². The first-order valence-corrected chi connectivity index (χ1v) is 9.70. The molecule has 1 aliphatic rings. The summed E-state index contributed by atoms with van der Waals surface area (Å²) in [4.78, 5) is 21.3. The molecular formula is C20H16Cl3N3O. The zero-order valence-corrected chi connectivity index (χ0v) is 16.6. The van der Waals surface area contributed by atoms with Gasteiger partial charge in [0, 0.05) is 53.5 Å². The Hall–Kier alpha value is -2.01. The van der Waals surface area contributed by atoms with Crippen molar-refractivity contribution in [3.63, 3.8) is 0 Å². The van der Waals surface area contributed by atoms with E-state index < -0.39 is 0 Å². The molecule has 0 aliphatic carbocycles. The molecule has 3 aromatic rings. The Morgan fingerprint density at radius 3 is 2.33 bits per heavy atom. The minimum Gasteiger partial charge on any atom is -0.367 e. The summed E-state index contributed by atoms with van der Waals surface area (Å²) in [5.41, 5.74) is 2.46. The van der Waals surface area contributed by atoms with Crippen molar-refractivity contribution in [3.05, 3.63) is 69.3 Å². The molecular weight excluding hydrogens is 405 g/mol. The Morgan fingerprint density at radius 1 is 0.889 bits per heavy atom. The molecule has 4 rings (SSSR count). The van der Waals surface area contributed by atoms with Crippen LogP contribution >= 0.6 is 34.8 Å². The lowest BCUT2D eigenvalue weighted by Crippen LogP contribution is -2.48. The van der Waals surface area contributed by atoms with Gasteiger partial charge in [0.25, 0.3) is 5.91 Å². The Balaban J connectivity index is 1.52. The number of carbonyl (C=O) groups is 1. The van der Waals surface area contributed by atoms with Gasteiger partial charge in [0.05, 0.1) is 16.1 Å². The molecule has 1 aromatic heterocycles. The second kappa shape index (κ2) is 7.55. The van der Waals surface area contributed by atoms with Gasteiger partial charge in [-0.25, -0.2) is 0 Å². The predicted molar refractivity (Wildman–Crippen MR) is 111 cm³/mol. The maximum absolute atomic E-state index is 12.8. The van der Waals surface area contributed by atoms with Crippen molar-refractivity contribution in [1.29, 1.82) is 0 Å². The molecule has 27 heavy (non-hydrogen) atoms. The van der Waals surface area contributed by atoms with Gasteiger partial charge in [-0.1, -0.05) is 34.8 Å². The number of hydrogen-bond acceptors (Lipinski definition) is 3. The Labute approximate surface area is 172 Å². The number of amides is 1. The maximum atomic E-state index is 12.8. The largest absolute Gasteiger partial charge is 0.367 e. The van der Waals surface area contributed by atoms with E-state index >= 15 is 0 Å². The molecule has 2 aromatic carbocycles. The van der Waals surface area contributed by atoms with Crippen molar-refractivity contribution < 1.29 is 4.79 Å². The average Bonchev–Trinajstić information content (AvgIpc) is 2.67. The summed E-state index contributed by atoms with van der Waals surface area (Å²) in [6, 6.07) is 12.7. The fourth-order valence-electron chi connectivity index (χ4n) is 3.37. The van der Waals surface area contributed by atoms with Crippen molar-refractivity contribution in [2.24, 2.45) is 0 Å². The van der Waals surface area contributed by atoms with Crippen LogP contribution in [-0.4, -0.2) is 42.0 Å². The molecule has 7 heteroatoms. The van der Waals surface area contributed by atoms with Crippen LogP contribution < -0.4 is 4.90 Å². The molecule has 0 saturated carbocycles. The third kappa shape index (κ3) is 3.70. The Morgan fingerprint density at radius 2 is 1.59 bits per heavy atom. The molecule has 2 heterocycles. The number of rotatable bonds is 2. The van der Waals surface area contributed by atoms with Crippen molar-refractivity contribution >= 4 is 57.3 Å². The van der Waals surface area contributed by atoms with E-state index in [0.717, 1.165) is 29.7 Å². The minimum absolute atomic E-state index is 0.0670. The number of carbonyl (C=O) groups excluding carboxylic acids is 1. The van der Waals surface area contributed by atoms with Gasteiger partial charge in [-0.2, -0.15) is 0 Å². The summed E-state index contributed by atoms with van der Waals surface area (Å²) in [6.45, 7) is 2.71. The van der Waals surface area contributed by atoms with Crippen LogP contribution in [0.15, 0.2) is 48.7 Å². The summed E-state index contributed by atoms with van der Waals surface area (Å²) in [7, 11) is 0. The van der Waals surface area contributed by atoms with E-state index in [0.29, 0.717) is 33.7 Å². The molecule has 0 unspecified atom stereocenters. The molecule has 0 bridgehead atoms. The van der Waals surface area contributed by atoms with E-state index in [1.54, 1.807) is 24.4 Å². The Bertz CT molecular complexity index is 1020. The van der Waals surface area contributed by atoms with Crippen LogP contribution in [0.1, 0.15) is 10.4 Å². The quantitative estimate of drug-likeness (QED) is 0.575. The summed E-state index contributed by atoms with van der Waals surface area (Å²) in [6.07, 6.45) is 1.79. The van der Waals surface area contributed by atoms with Gasteiger partial charge in [-0.05, 0) is 42.5 Å². The molecule has 138 valence electrons. The zero-order valence-electron chi connectivity index (χ0n) is 14.3. The minimum atomic E-state index is -0.0670. The third-order valence-corrected chi connectivity index (χ3v) is 5.53. The number of pyridine rings is 1. The van der Waals surface area contributed by atoms with Crippen LogP contribution in [0.5, 0.6) is 0 Å². The standard InChI is InChI=1S/C20H16Cl3N3O/c21-13-1-3-15(17(23)11-13)20(27)26-9-7-25(8-10-26)19-5-6-24-18-12-14(22)2-4-16(18)19/h1-6,11-12H,7-10H2. The van der Waals surface area contributed by atoms with Gasteiger partial charge >= 0.3 is 0 Å². The summed E-state index contributed by atoms with van der Waals surface area (Å²) < 4.78 is 0. The first kappa shape index (κ1) is 18.4. The number of fused-ring (bicyclic) bond motifs is 1. The predicted octanol–water partition coefficient (Wildman–Crippen LogP) is 5.16. The molecule has 1 saturated heterocycles. The molecule has 4 nitrogen and oxygen atoms in total. The number of aromatic nitrogens is 1. The zero-order chi connectivity index (χ0) is 19.0. The van der Waals surface area contributed by atoms with Crippen molar-refractivity contribution in [3.8, 4) is 0 Å². The summed E-state index contributed by atoms with van der Waals surface area (Å²) in [5, 5.41) is 2.63. The third-order valence-electron chi connectivity index (χ3n) is 4.75. The van der Waals surface area contributed by atoms with Crippen molar-refractivity contribution in [2.45, 2.75) is 0 Å². The van der Waals surface area contributed by atoms with Gasteiger partial charge in [0.15, 0.2) is 0 Å². The highest BCUT2D eigenvalue weighted by molar-refractivity contribution is 6.36. The monoisotopic (exact) mass is 419 g/mol. The molecule has 1 aliphatic heterocycles. The second-order valence-electron chi connectivity index (χ2n) is 6.39. The smallest absolute Gasteiger partial charge is 0.255 e. The van der Waals surface area contributed by atoms with Gasteiger partial charge < -0.3 is 9.80 Å². The molecule has 0 radical (unpaired) electrons. The van der Waals surface area contributed by atoms with E-state index in [1.165, 1.54) is 0 Å². The first-order chi connectivity index (χ1) is 13.0. The van der Waals surface area contributed by atoms with E-state index in [1.807, 2.05) is 29.2 Å². The number of piperazine rings is 1. The van der Waals surface area contributed by atoms with Crippen molar-refractivity contribution in [1.82, 2.24) is 9.88 Å². The van der Waals surface area contributed by atoms with Crippen molar-refractivity contribution in [2.75, 3.05) is 31.1 Å². The molecule has 0 spiro atoms. The van der Waals surface area contributed by atoms with Crippen LogP contribution in [0.4, 0.5) is 5.69 Å². The summed E-state index contributed by atoms with van der Waals surface area (Å²) >= 11 is 18.2. The molecule has 0 atom stereocenters. The van der Waals surface area contributed by atoms with Gasteiger partial charge in [0.2, 0.25) is 0 Å². The SMILES string of the molecule is O=C(c1ccc(Cl)cc1Cl)N1CCN(c2ccnc3cc(Cl)ccc23)CC1. The lowest BCUT2D eigenvalue weighted by Gasteiger charge is -2.36. The van der Waals surface area contributed by atoms with Gasteiger partial charge in [-0.3, -0.25) is 9.78 Å². The van der Waals surface area contributed by atoms with E-state index in [9.17, 15) is 4.79 Å². The molecule has 1 fully saturated rings. The van der Waals surface area contributed by atoms with Crippen LogP contribution in [0.25, 0.3) is 10.9 Å². The van der Waals surface area contributed by atoms with Crippen LogP contribution in [0.2, 0.25) is 15.1 Å². The van der Waals surface area contributed by atoms with Gasteiger partial charge in [0.1, 0.15) is 0 Å². The Kier molecular flexibility index (Phi) is 5.13. The molecule has 0 N–H and O–H groups in total. The molecule has 1 amide bonds. The highest BCUT2D eigenvalue weighted by Crippen LogP contribution is 2.29.